The number of nitrogens with one attached hydrogen (secondary N) is 1. The standard InChI is InChI=1S/C12H20N4S/c1-8(11-15-9(2)7-17-11)6-14-12(13)16-10-4-3-5-10/h7-8,10H,3-6H2,1-2H3,(H3,13,14,16). The zero-order valence-corrected chi connectivity index (χ0v) is 11.3. The minimum atomic E-state index is 0.343. The predicted octanol–water partition coefficient (Wildman–Crippen LogP) is 2.01. The Labute approximate surface area is 106 Å². The van der Waals surface area contributed by atoms with Gasteiger partial charge >= 0.3 is 0 Å². The van der Waals surface area contributed by atoms with Gasteiger partial charge in [-0.25, -0.2) is 4.98 Å². The first-order valence-electron chi connectivity index (χ1n) is 6.13. The van der Waals surface area contributed by atoms with Gasteiger partial charge in [-0.1, -0.05) is 6.92 Å². The third-order valence-corrected chi connectivity index (χ3v) is 4.25. The molecular formula is C12H20N4S. The molecule has 17 heavy (non-hydrogen) atoms. The topological polar surface area (TPSA) is 63.3 Å². The van der Waals surface area contributed by atoms with Gasteiger partial charge in [-0.3, -0.25) is 4.99 Å². The molecule has 1 fully saturated rings. The van der Waals surface area contributed by atoms with Crippen molar-refractivity contribution in [3.63, 3.8) is 0 Å². The Morgan fingerprint density at radius 1 is 1.71 bits per heavy atom. The van der Waals surface area contributed by atoms with Gasteiger partial charge in [0.2, 0.25) is 0 Å². The van der Waals surface area contributed by atoms with Crippen LogP contribution in [-0.2, 0) is 0 Å². The first-order chi connectivity index (χ1) is 8.15. The molecule has 1 aromatic rings. The quantitative estimate of drug-likeness (QED) is 0.636. The van der Waals surface area contributed by atoms with Crippen molar-refractivity contribution >= 4 is 17.3 Å². The SMILES string of the molecule is Cc1csc(C(C)CN=C(N)NC2CCC2)n1. The van der Waals surface area contributed by atoms with Crippen LogP contribution in [-0.4, -0.2) is 23.5 Å². The Bertz CT molecular complexity index is 395. The molecule has 1 atom stereocenters. The van der Waals surface area contributed by atoms with E-state index in [4.69, 9.17) is 5.73 Å². The van der Waals surface area contributed by atoms with Crippen molar-refractivity contribution in [2.24, 2.45) is 10.7 Å². The molecule has 2 rings (SSSR count). The van der Waals surface area contributed by atoms with Gasteiger partial charge < -0.3 is 11.1 Å². The Kier molecular flexibility index (Phi) is 3.99. The number of nitrogens with zero attached hydrogens (tertiary/aromatic N) is 2. The highest BCUT2D eigenvalue weighted by molar-refractivity contribution is 7.09. The summed E-state index contributed by atoms with van der Waals surface area (Å²) in [5.41, 5.74) is 6.92. The molecule has 1 heterocycles. The first kappa shape index (κ1) is 12.4. The van der Waals surface area contributed by atoms with E-state index in [-0.39, 0.29) is 0 Å². The van der Waals surface area contributed by atoms with Gasteiger partial charge in [0, 0.05) is 23.0 Å². The number of nitrogens with two attached hydrogens (primary N) is 1. The summed E-state index contributed by atoms with van der Waals surface area (Å²) in [6.07, 6.45) is 3.74. The third kappa shape index (κ3) is 3.43. The largest absolute Gasteiger partial charge is 0.370 e. The van der Waals surface area contributed by atoms with E-state index < -0.39 is 0 Å². The number of aryl methyl sites for hydroxylation is 1. The van der Waals surface area contributed by atoms with Gasteiger partial charge in [0.25, 0.3) is 0 Å². The first-order valence-corrected chi connectivity index (χ1v) is 7.01. The lowest BCUT2D eigenvalue weighted by Crippen LogP contribution is -2.43. The van der Waals surface area contributed by atoms with Gasteiger partial charge in [-0.15, -0.1) is 11.3 Å². The fourth-order valence-corrected chi connectivity index (χ4v) is 2.57. The van der Waals surface area contributed by atoms with E-state index in [9.17, 15) is 0 Å². The van der Waals surface area contributed by atoms with Crippen LogP contribution in [0.4, 0.5) is 0 Å². The zero-order valence-electron chi connectivity index (χ0n) is 10.4. The molecular weight excluding hydrogens is 232 g/mol. The normalized spacial score (nSPS) is 18.8. The number of guanidine groups is 1. The third-order valence-electron chi connectivity index (χ3n) is 3.05. The highest BCUT2D eigenvalue weighted by Gasteiger charge is 2.17. The maximum atomic E-state index is 5.84. The molecule has 0 amide bonds. The van der Waals surface area contributed by atoms with E-state index >= 15 is 0 Å². The van der Waals surface area contributed by atoms with Crippen LogP contribution in [0.1, 0.15) is 42.8 Å². The van der Waals surface area contributed by atoms with Crippen molar-refractivity contribution in [1.82, 2.24) is 10.3 Å². The summed E-state index contributed by atoms with van der Waals surface area (Å²) in [5.74, 6) is 0.922. The smallest absolute Gasteiger partial charge is 0.188 e. The van der Waals surface area contributed by atoms with Gasteiger partial charge in [-0.2, -0.15) is 0 Å². The van der Waals surface area contributed by atoms with E-state index in [1.54, 1.807) is 11.3 Å². The van der Waals surface area contributed by atoms with Crippen LogP contribution >= 0.6 is 11.3 Å². The monoisotopic (exact) mass is 252 g/mol. The molecule has 0 aromatic carbocycles. The van der Waals surface area contributed by atoms with Crippen LogP contribution in [0.25, 0.3) is 0 Å². The van der Waals surface area contributed by atoms with Crippen molar-refractivity contribution in [2.75, 3.05) is 6.54 Å². The van der Waals surface area contributed by atoms with E-state index in [1.165, 1.54) is 19.3 Å². The van der Waals surface area contributed by atoms with Crippen LogP contribution < -0.4 is 11.1 Å². The van der Waals surface area contributed by atoms with Crippen LogP contribution in [0.15, 0.2) is 10.4 Å². The summed E-state index contributed by atoms with van der Waals surface area (Å²) in [6.45, 7) is 4.86. The lowest BCUT2D eigenvalue weighted by atomic mass is 9.93. The van der Waals surface area contributed by atoms with E-state index in [0.717, 1.165) is 10.7 Å². The Morgan fingerprint density at radius 2 is 2.47 bits per heavy atom. The number of thiazole rings is 1. The van der Waals surface area contributed by atoms with Crippen molar-refractivity contribution < 1.29 is 0 Å². The van der Waals surface area contributed by atoms with Crippen molar-refractivity contribution in [3.05, 3.63) is 16.1 Å². The molecule has 0 saturated heterocycles. The summed E-state index contributed by atoms with van der Waals surface area (Å²) >= 11 is 1.70. The molecule has 94 valence electrons. The molecule has 3 N–H and O–H groups in total. The second-order valence-electron chi connectivity index (χ2n) is 4.73. The Hall–Kier alpha value is -1.10. The molecule has 5 heteroatoms. The Morgan fingerprint density at radius 3 is 3.00 bits per heavy atom. The summed E-state index contributed by atoms with van der Waals surface area (Å²) in [4.78, 5) is 8.85. The van der Waals surface area contributed by atoms with Crippen LogP contribution in [0, 0.1) is 6.92 Å². The summed E-state index contributed by atoms with van der Waals surface area (Å²) in [5, 5.41) is 6.46. The van der Waals surface area contributed by atoms with Gasteiger partial charge in [0.1, 0.15) is 0 Å². The van der Waals surface area contributed by atoms with Crippen molar-refractivity contribution in [3.8, 4) is 0 Å². The highest BCUT2D eigenvalue weighted by atomic mass is 32.1. The molecule has 0 spiro atoms. The van der Waals surface area contributed by atoms with Crippen molar-refractivity contribution in [1.29, 1.82) is 0 Å². The summed E-state index contributed by atoms with van der Waals surface area (Å²) in [7, 11) is 0. The molecule has 1 aromatic heterocycles. The zero-order chi connectivity index (χ0) is 12.3. The number of hydrogen-bond donors (Lipinski definition) is 2. The van der Waals surface area contributed by atoms with Gasteiger partial charge in [0.15, 0.2) is 5.96 Å². The van der Waals surface area contributed by atoms with Gasteiger partial charge in [-0.05, 0) is 26.2 Å². The second kappa shape index (κ2) is 5.49. The molecule has 4 nitrogen and oxygen atoms in total. The molecule has 0 aliphatic heterocycles. The number of hydrogen-bond acceptors (Lipinski definition) is 3. The molecule has 1 aliphatic rings. The van der Waals surface area contributed by atoms with Crippen LogP contribution in [0.3, 0.4) is 0 Å². The van der Waals surface area contributed by atoms with Crippen LogP contribution in [0.5, 0.6) is 0 Å². The van der Waals surface area contributed by atoms with E-state index in [0.29, 0.717) is 24.5 Å². The molecule has 1 aliphatic carbocycles. The fourth-order valence-electron chi connectivity index (χ4n) is 1.72. The maximum absolute atomic E-state index is 5.84. The number of aromatic nitrogens is 1. The van der Waals surface area contributed by atoms with E-state index in [1.807, 2.05) is 6.92 Å². The van der Waals surface area contributed by atoms with E-state index in [2.05, 4.69) is 27.6 Å². The lowest BCUT2D eigenvalue weighted by molar-refractivity contribution is 0.382. The lowest BCUT2D eigenvalue weighted by Gasteiger charge is -2.26. The molecule has 0 radical (unpaired) electrons. The average Bonchev–Trinajstić information content (AvgIpc) is 2.67. The fraction of sp³-hybridized carbons (Fsp3) is 0.667. The molecule has 1 saturated carbocycles. The Balaban J connectivity index is 1.81. The number of aliphatic imine (C=N–C) groups is 1. The molecule has 1 unspecified atom stereocenters. The minimum absolute atomic E-state index is 0.343. The summed E-state index contributed by atoms with van der Waals surface area (Å²) < 4.78 is 0. The van der Waals surface area contributed by atoms with Crippen molar-refractivity contribution in [2.45, 2.75) is 45.1 Å². The van der Waals surface area contributed by atoms with Crippen LogP contribution in [0.2, 0.25) is 0 Å². The molecule has 0 bridgehead atoms. The maximum Gasteiger partial charge on any atom is 0.188 e. The predicted molar refractivity (Wildman–Crippen MR) is 72.5 cm³/mol. The minimum Gasteiger partial charge on any atom is -0.370 e. The van der Waals surface area contributed by atoms with Gasteiger partial charge in [0.05, 0.1) is 11.6 Å². The number of rotatable bonds is 4. The summed E-state index contributed by atoms with van der Waals surface area (Å²) in [6, 6.07) is 0.552. The second-order valence-corrected chi connectivity index (χ2v) is 5.62. The highest BCUT2D eigenvalue weighted by Crippen LogP contribution is 2.20. The average molecular weight is 252 g/mol.